The summed E-state index contributed by atoms with van der Waals surface area (Å²) in [4.78, 5) is 25.5. The van der Waals surface area contributed by atoms with Gasteiger partial charge in [-0.1, -0.05) is 43.3 Å². The molecule has 0 saturated heterocycles. The summed E-state index contributed by atoms with van der Waals surface area (Å²) in [6, 6.07) is 16.3. The third kappa shape index (κ3) is 3.33. The van der Waals surface area contributed by atoms with Gasteiger partial charge in [0.2, 0.25) is 0 Å². The van der Waals surface area contributed by atoms with E-state index < -0.39 is 11.6 Å². The summed E-state index contributed by atoms with van der Waals surface area (Å²) in [6.45, 7) is 5.73. The fourth-order valence-electron chi connectivity index (χ4n) is 2.68. The number of ether oxygens (including phenoxy) is 1. The molecule has 2 heterocycles. The number of hydrogen-bond acceptors (Lipinski definition) is 3. The van der Waals surface area contributed by atoms with Gasteiger partial charge in [0.25, 0.3) is 5.56 Å². The van der Waals surface area contributed by atoms with Crippen LogP contribution in [0.4, 0.5) is 0 Å². The fraction of sp³-hybridized carbons (Fsp3) is 0.238. The number of aromatic nitrogens is 1. The van der Waals surface area contributed by atoms with E-state index in [1.807, 2.05) is 57.2 Å². The van der Waals surface area contributed by atoms with Crippen molar-refractivity contribution in [2.75, 3.05) is 0 Å². The average Bonchev–Trinajstić information content (AvgIpc) is 2.62. The number of pyridine rings is 2. The SMILES string of the molecule is CCC(C)(C)OC(=O)c1c(-c2ccccc2)cc(=O)n2ccccc12. The van der Waals surface area contributed by atoms with E-state index in [4.69, 9.17) is 4.74 Å². The highest BCUT2D eigenvalue weighted by Crippen LogP contribution is 2.28. The van der Waals surface area contributed by atoms with Gasteiger partial charge in [0.05, 0.1) is 11.1 Å². The summed E-state index contributed by atoms with van der Waals surface area (Å²) in [5.74, 6) is -0.422. The van der Waals surface area contributed by atoms with Gasteiger partial charge < -0.3 is 4.74 Å². The smallest absolute Gasteiger partial charge is 0.341 e. The van der Waals surface area contributed by atoms with Crippen molar-refractivity contribution in [3.8, 4) is 11.1 Å². The number of esters is 1. The van der Waals surface area contributed by atoms with Gasteiger partial charge in [0.1, 0.15) is 5.60 Å². The summed E-state index contributed by atoms with van der Waals surface area (Å²) in [6.07, 6.45) is 2.36. The molecule has 0 spiro atoms. The van der Waals surface area contributed by atoms with Gasteiger partial charge in [-0.25, -0.2) is 4.79 Å². The second kappa shape index (κ2) is 6.55. The molecule has 128 valence electrons. The van der Waals surface area contributed by atoms with Gasteiger partial charge in [-0.15, -0.1) is 0 Å². The van der Waals surface area contributed by atoms with Crippen molar-refractivity contribution in [3.05, 3.63) is 76.7 Å². The van der Waals surface area contributed by atoms with Crippen LogP contribution in [0, 0.1) is 0 Å². The van der Waals surface area contributed by atoms with Crippen molar-refractivity contribution in [2.45, 2.75) is 32.8 Å². The van der Waals surface area contributed by atoms with Crippen molar-refractivity contribution < 1.29 is 9.53 Å². The minimum atomic E-state index is -0.576. The Morgan fingerprint density at radius 3 is 2.44 bits per heavy atom. The Labute approximate surface area is 146 Å². The van der Waals surface area contributed by atoms with Gasteiger partial charge in [0.15, 0.2) is 0 Å². The molecule has 0 aliphatic heterocycles. The van der Waals surface area contributed by atoms with Crippen LogP contribution in [-0.2, 0) is 4.74 Å². The van der Waals surface area contributed by atoms with Gasteiger partial charge >= 0.3 is 5.97 Å². The first-order valence-corrected chi connectivity index (χ1v) is 8.36. The highest BCUT2D eigenvalue weighted by atomic mass is 16.6. The highest BCUT2D eigenvalue weighted by molar-refractivity contribution is 6.04. The van der Waals surface area contributed by atoms with E-state index in [1.165, 1.54) is 10.5 Å². The molecule has 0 atom stereocenters. The molecule has 3 aromatic rings. The second-order valence-electron chi connectivity index (χ2n) is 6.60. The summed E-state index contributed by atoms with van der Waals surface area (Å²) < 4.78 is 7.20. The number of carbonyl (C=O) groups is 1. The molecule has 0 unspecified atom stereocenters. The molecule has 0 aliphatic rings. The predicted molar refractivity (Wildman–Crippen MR) is 98.9 cm³/mol. The van der Waals surface area contributed by atoms with Crippen LogP contribution in [0.5, 0.6) is 0 Å². The molecule has 0 radical (unpaired) electrons. The standard InChI is InChI=1S/C21H21NO3/c1-4-21(2,3)25-20(24)19-16(15-10-6-5-7-11-15)14-18(23)22-13-9-8-12-17(19)22/h5-14H,4H2,1-3H3. The summed E-state index contributed by atoms with van der Waals surface area (Å²) in [5.41, 5.74) is 1.60. The Bertz CT molecular complexity index is 971. The summed E-state index contributed by atoms with van der Waals surface area (Å²) in [5, 5.41) is 0. The van der Waals surface area contributed by atoms with Crippen molar-refractivity contribution in [1.82, 2.24) is 4.40 Å². The summed E-state index contributed by atoms with van der Waals surface area (Å²) in [7, 11) is 0. The Morgan fingerprint density at radius 2 is 1.76 bits per heavy atom. The molecule has 1 aromatic carbocycles. The third-order valence-corrected chi connectivity index (χ3v) is 4.40. The number of fused-ring (bicyclic) bond motifs is 1. The normalized spacial score (nSPS) is 11.5. The Hall–Kier alpha value is -2.88. The molecule has 3 rings (SSSR count). The molecule has 4 nitrogen and oxygen atoms in total. The first-order chi connectivity index (χ1) is 11.9. The number of rotatable bonds is 4. The van der Waals surface area contributed by atoms with Crippen molar-refractivity contribution in [2.24, 2.45) is 0 Å². The lowest BCUT2D eigenvalue weighted by molar-refractivity contribution is -0.00217. The molecule has 25 heavy (non-hydrogen) atoms. The zero-order chi connectivity index (χ0) is 18.0. The van der Waals surface area contributed by atoms with Gasteiger partial charge in [-0.2, -0.15) is 0 Å². The first-order valence-electron chi connectivity index (χ1n) is 8.36. The maximum Gasteiger partial charge on any atom is 0.341 e. The van der Waals surface area contributed by atoms with Gasteiger partial charge in [-0.05, 0) is 38.0 Å². The molecule has 4 heteroatoms. The quantitative estimate of drug-likeness (QED) is 0.667. The lowest BCUT2D eigenvalue weighted by Gasteiger charge is -2.24. The van der Waals surface area contributed by atoms with Crippen LogP contribution in [0.2, 0.25) is 0 Å². The maximum atomic E-state index is 13.0. The minimum absolute atomic E-state index is 0.180. The fourth-order valence-corrected chi connectivity index (χ4v) is 2.68. The van der Waals surface area contributed by atoms with E-state index in [9.17, 15) is 9.59 Å². The zero-order valence-electron chi connectivity index (χ0n) is 14.7. The average molecular weight is 335 g/mol. The Balaban J connectivity index is 2.29. The molecule has 0 bridgehead atoms. The van der Waals surface area contributed by atoms with Crippen molar-refractivity contribution >= 4 is 11.5 Å². The van der Waals surface area contributed by atoms with E-state index >= 15 is 0 Å². The van der Waals surface area contributed by atoms with Gasteiger partial charge in [0, 0.05) is 17.8 Å². The van der Waals surface area contributed by atoms with E-state index in [2.05, 4.69) is 0 Å². The molecule has 0 fully saturated rings. The molecular weight excluding hydrogens is 314 g/mol. The Kier molecular flexibility index (Phi) is 4.45. The van der Waals surface area contributed by atoms with E-state index in [0.717, 1.165) is 5.56 Å². The lowest BCUT2D eigenvalue weighted by atomic mass is 9.99. The monoisotopic (exact) mass is 335 g/mol. The van der Waals surface area contributed by atoms with E-state index in [0.29, 0.717) is 23.1 Å². The minimum Gasteiger partial charge on any atom is -0.456 e. The Morgan fingerprint density at radius 1 is 1.08 bits per heavy atom. The van der Waals surface area contributed by atoms with Crippen molar-refractivity contribution in [3.63, 3.8) is 0 Å². The third-order valence-electron chi connectivity index (χ3n) is 4.40. The van der Waals surface area contributed by atoms with Crippen LogP contribution in [0.1, 0.15) is 37.6 Å². The van der Waals surface area contributed by atoms with Gasteiger partial charge in [-0.3, -0.25) is 9.20 Å². The zero-order valence-corrected chi connectivity index (χ0v) is 14.7. The summed E-state index contributed by atoms with van der Waals surface area (Å²) >= 11 is 0. The molecule has 0 amide bonds. The second-order valence-corrected chi connectivity index (χ2v) is 6.60. The molecule has 2 aromatic heterocycles. The topological polar surface area (TPSA) is 47.8 Å². The van der Waals surface area contributed by atoms with Crippen LogP contribution < -0.4 is 5.56 Å². The van der Waals surface area contributed by atoms with Crippen LogP contribution in [0.25, 0.3) is 16.6 Å². The molecule has 0 N–H and O–H groups in total. The lowest BCUT2D eigenvalue weighted by Crippen LogP contribution is -2.28. The number of hydrogen-bond donors (Lipinski definition) is 0. The maximum absolute atomic E-state index is 13.0. The largest absolute Gasteiger partial charge is 0.456 e. The van der Waals surface area contributed by atoms with Crippen molar-refractivity contribution in [1.29, 1.82) is 0 Å². The highest BCUT2D eigenvalue weighted by Gasteiger charge is 2.26. The van der Waals surface area contributed by atoms with Crippen LogP contribution in [0.15, 0.2) is 65.6 Å². The van der Waals surface area contributed by atoms with E-state index in [-0.39, 0.29) is 5.56 Å². The van der Waals surface area contributed by atoms with E-state index in [1.54, 1.807) is 18.3 Å². The van der Waals surface area contributed by atoms with Crippen LogP contribution in [0.3, 0.4) is 0 Å². The molecular formula is C21H21NO3. The number of nitrogens with zero attached hydrogens (tertiary/aromatic N) is 1. The predicted octanol–water partition coefficient (Wildman–Crippen LogP) is 4.31. The first kappa shape index (κ1) is 17.0. The molecule has 0 saturated carbocycles. The van der Waals surface area contributed by atoms with Crippen LogP contribution >= 0.6 is 0 Å². The number of benzene rings is 1. The number of carbonyl (C=O) groups excluding carboxylic acids is 1. The van der Waals surface area contributed by atoms with Crippen LogP contribution in [-0.4, -0.2) is 16.0 Å². The molecule has 0 aliphatic carbocycles.